The fraction of sp³-hybridized carbons (Fsp3) is 0.423. The smallest absolute Gasteiger partial charge is 0.414 e. The van der Waals surface area contributed by atoms with Crippen LogP contribution in [0.2, 0.25) is 0 Å². The van der Waals surface area contributed by atoms with Crippen molar-refractivity contribution in [2.45, 2.75) is 44.6 Å². The predicted octanol–water partition coefficient (Wildman–Crippen LogP) is 1.27. The van der Waals surface area contributed by atoms with Crippen molar-refractivity contribution >= 4 is 29.6 Å². The minimum absolute atomic E-state index is 0.0405. The number of hydrogen-bond acceptors (Lipinski definition) is 7. The number of carbonyl (C=O) groups is 5. The Morgan fingerprint density at radius 3 is 2.14 bits per heavy atom. The standard InChI is InChI=1S/C24H29FN2O4.C2H2O4/c1-4-15-27(16-5-2)17-9-8-12-22(24(30)31-3)26-23(29)14-13-20(28)18-19-10-6-7-11-21(19)25;3-1(4)2(5)6/h1-2,6-7,10-11,22H,8-9,12-18H2,3H3,(H,26,29);(H,3,4)(H,5,6)/t22-;/m0./s1. The summed E-state index contributed by atoms with van der Waals surface area (Å²) in [5, 5.41) is 17.4. The third-order valence-corrected chi connectivity index (χ3v) is 4.83. The number of esters is 1. The lowest BCUT2D eigenvalue weighted by Crippen LogP contribution is -2.41. The van der Waals surface area contributed by atoms with Crippen molar-refractivity contribution in [1.29, 1.82) is 0 Å². The summed E-state index contributed by atoms with van der Waals surface area (Å²) in [5.74, 6) is -0.233. The van der Waals surface area contributed by atoms with Crippen LogP contribution >= 0.6 is 0 Å². The number of carbonyl (C=O) groups excluding carboxylic acids is 3. The van der Waals surface area contributed by atoms with E-state index in [4.69, 9.17) is 37.4 Å². The molecular formula is C26H31FN2O8. The molecule has 0 radical (unpaired) electrons. The predicted molar refractivity (Wildman–Crippen MR) is 132 cm³/mol. The highest BCUT2D eigenvalue weighted by atomic mass is 19.1. The van der Waals surface area contributed by atoms with Gasteiger partial charge in [0, 0.05) is 25.8 Å². The molecule has 1 aromatic rings. The van der Waals surface area contributed by atoms with Crippen molar-refractivity contribution in [2.75, 3.05) is 26.7 Å². The van der Waals surface area contributed by atoms with E-state index >= 15 is 0 Å². The molecule has 0 aliphatic carbocycles. The Morgan fingerprint density at radius 1 is 1.03 bits per heavy atom. The van der Waals surface area contributed by atoms with Crippen LogP contribution in [0.4, 0.5) is 4.39 Å². The van der Waals surface area contributed by atoms with Gasteiger partial charge in [0.25, 0.3) is 0 Å². The molecule has 0 saturated carbocycles. The van der Waals surface area contributed by atoms with Gasteiger partial charge in [-0.05, 0) is 30.9 Å². The van der Waals surface area contributed by atoms with Gasteiger partial charge >= 0.3 is 17.9 Å². The van der Waals surface area contributed by atoms with E-state index in [1.165, 1.54) is 19.2 Å². The molecule has 0 aromatic heterocycles. The molecule has 0 saturated heterocycles. The topological polar surface area (TPSA) is 150 Å². The molecule has 1 aromatic carbocycles. The van der Waals surface area contributed by atoms with Crippen LogP contribution in [0.15, 0.2) is 24.3 Å². The van der Waals surface area contributed by atoms with E-state index in [-0.39, 0.29) is 25.0 Å². The summed E-state index contributed by atoms with van der Waals surface area (Å²) in [4.78, 5) is 56.4. The average Bonchev–Trinajstić information content (AvgIpc) is 2.86. The van der Waals surface area contributed by atoms with Crippen molar-refractivity contribution in [3.8, 4) is 24.7 Å². The van der Waals surface area contributed by atoms with E-state index in [0.29, 0.717) is 38.0 Å². The van der Waals surface area contributed by atoms with E-state index < -0.39 is 35.7 Å². The third-order valence-electron chi connectivity index (χ3n) is 4.83. The Balaban J connectivity index is 0.00000192. The first-order valence-electron chi connectivity index (χ1n) is 11.2. The summed E-state index contributed by atoms with van der Waals surface area (Å²) in [5.41, 5.74) is 0.295. The van der Waals surface area contributed by atoms with Crippen molar-refractivity contribution in [1.82, 2.24) is 10.2 Å². The Morgan fingerprint density at radius 2 is 1.62 bits per heavy atom. The van der Waals surface area contributed by atoms with Crippen molar-refractivity contribution in [3.63, 3.8) is 0 Å². The minimum atomic E-state index is -1.82. The number of halogens is 1. The van der Waals surface area contributed by atoms with Gasteiger partial charge in [0.15, 0.2) is 0 Å². The summed E-state index contributed by atoms with van der Waals surface area (Å²) in [6.45, 7) is 1.57. The first kappa shape index (κ1) is 32.8. The quantitative estimate of drug-likeness (QED) is 0.143. The highest BCUT2D eigenvalue weighted by Gasteiger charge is 2.21. The number of carboxylic acid groups (broad SMARTS) is 2. The molecule has 3 N–H and O–H groups in total. The Kier molecular flexibility index (Phi) is 16.9. The number of rotatable bonds is 14. The van der Waals surface area contributed by atoms with Gasteiger partial charge < -0.3 is 20.3 Å². The molecule has 0 heterocycles. The Hall–Kier alpha value is -4.22. The zero-order chi connectivity index (χ0) is 28.2. The van der Waals surface area contributed by atoms with Gasteiger partial charge in [0.05, 0.1) is 20.2 Å². The maximum absolute atomic E-state index is 13.6. The third kappa shape index (κ3) is 15.4. The van der Waals surface area contributed by atoms with Gasteiger partial charge in [0.2, 0.25) is 5.91 Å². The number of ether oxygens (including phenoxy) is 1. The number of Topliss-reactive ketones (excluding diaryl/α,β-unsaturated/α-hetero) is 1. The highest BCUT2D eigenvalue weighted by Crippen LogP contribution is 2.10. The van der Waals surface area contributed by atoms with E-state index in [0.717, 1.165) is 6.42 Å². The number of nitrogens with one attached hydrogen (secondary N) is 1. The normalized spacial score (nSPS) is 10.6. The number of unbranched alkanes of at least 4 members (excludes halogenated alkanes) is 1. The van der Waals surface area contributed by atoms with Gasteiger partial charge in [-0.3, -0.25) is 14.5 Å². The fourth-order valence-electron chi connectivity index (χ4n) is 3.01. The molecule has 1 rings (SSSR count). The van der Waals surface area contributed by atoms with E-state index in [1.807, 2.05) is 4.90 Å². The number of ketones is 1. The van der Waals surface area contributed by atoms with E-state index in [2.05, 4.69) is 17.2 Å². The molecule has 0 aliphatic rings. The first-order chi connectivity index (χ1) is 17.5. The second kappa shape index (κ2) is 19.0. The molecule has 0 aliphatic heterocycles. The van der Waals surface area contributed by atoms with Crippen LogP contribution in [0, 0.1) is 30.5 Å². The van der Waals surface area contributed by atoms with Crippen molar-refractivity contribution in [3.05, 3.63) is 35.6 Å². The maximum atomic E-state index is 13.6. The summed E-state index contributed by atoms with van der Waals surface area (Å²) in [6.07, 6.45) is 12.2. The Labute approximate surface area is 215 Å². The summed E-state index contributed by atoms with van der Waals surface area (Å²) < 4.78 is 18.4. The van der Waals surface area contributed by atoms with E-state index in [1.54, 1.807) is 12.1 Å². The summed E-state index contributed by atoms with van der Waals surface area (Å²) in [7, 11) is 1.25. The monoisotopic (exact) mass is 518 g/mol. The van der Waals surface area contributed by atoms with Gasteiger partial charge in [-0.15, -0.1) is 12.8 Å². The minimum Gasteiger partial charge on any atom is -0.473 e. The number of hydrogen-bond donors (Lipinski definition) is 3. The van der Waals surface area contributed by atoms with Crippen molar-refractivity contribution < 1.29 is 43.3 Å². The van der Waals surface area contributed by atoms with E-state index in [9.17, 15) is 18.8 Å². The summed E-state index contributed by atoms with van der Waals surface area (Å²) >= 11 is 0. The molecule has 1 atom stereocenters. The Bertz CT molecular complexity index is 985. The molecule has 1 amide bonds. The molecule has 0 fully saturated rings. The molecule has 200 valence electrons. The number of carboxylic acids is 2. The fourth-order valence-corrected chi connectivity index (χ4v) is 3.01. The lowest BCUT2D eigenvalue weighted by atomic mass is 10.0. The zero-order valence-corrected chi connectivity index (χ0v) is 20.6. The largest absolute Gasteiger partial charge is 0.473 e. The van der Waals surface area contributed by atoms with Gasteiger partial charge in [-0.25, -0.2) is 18.8 Å². The molecule has 11 heteroatoms. The molecule has 0 bridgehead atoms. The lowest BCUT2D eigenvalue weighted by Gasteiger charge is -2.19. The van der Waals surface area contributed by atoms with Gasteiger partial charge in [0.1, 0.15) is 17.6 Å². The molecule has 0 unspecified atom stereocenters. The van der Waals surface area contributed by atoms with Crippen LogP contribution in [0.1, 0.15) is 37.7 Å². The molecule has 10 nitrogen and oxygen atoms in total. The second-order valence-electron chi connectivity index (χ2n) is 7.68. The van der Waals surface area contributed by atoms with Crippen LogP contribution in [-0.2, 0) is 35.1 Å². The number of aliphatic carboxylic acids is 2. The van der Waals surface area contributed by atoms with Crippen LogP contribution in [0.25, 0.3) is 0 Å². The van der Waals surface area contributed by atoms with Crippen LogP contribution < -0.4 is 5.32 Å². The second-order valence-corrected chi connectivity index (χ2v) is 7.68. The number of terminal acetylenes is 2. The lowest BCUT2D eigenvalue weighted by molar-refractivity contribution is -0.159. The number of amides is 1. The van der Waals surface area contributed by atoms with Crippen LogP contribution in [0.3, 0.4) is 0 Å². The summed E-state index contributed by atoms with van der Waals surface area (Å²) in [6, 6.07) is 5.22. The maximum Gasteiger partial charge on any atom is 0.414 e. The zero-order valence-electron chi connectivity index (χ0n) is 20.6. The van der Waals surface area contributed by atoms with Crippen molar-refractivity contribution in [2.24, 2.45) is 0 Å². The van der Waals surface area contributed by atoms with Gasteiger partial charge in [-0.1, -0.05) is 30.0 Å². The van der Waals surface area contributed by atoms with Crippen LogP contribution in [0.5, 0.6) is 0 Å². The number of nitrogens with zero attached hydrogens (tertiary/aromatic N) is 1. The van der Waals surface area contributed by atoms with Crippen LogP contribution in [-0.4, -0.2) is 77.5 Å². The average molecular weight is 519 g/mol. The molecular weight excluding hydrogens is 487 g/mol. The first-order valence-corrected chi connectivity index (χ1v) is 11.2. The number of methoxy groups -OCH3 is 1. The highest BCUT2D eigenvalue weighted by molar-refractivity contribution is 6.27. The SMILES string of the molecule is C#CCN(CC#C)CCCC[C@H](NC(=O)CCC(=O)Cc1ccccc1F)C(=O)OC.O=C(O)C(=O)O. The molecule has 37 heavy (non-hydrogen) atoms. The molecule has 0 spiro atoms. The number of benzene rings is 1. The van der Waals surface area contributed by atoms with Gasteiger partial charge in [-0.2, -0.15) is 0 Å².